The van der Waals surface area contributed by atoms with E-state index in [4.69, 9.17) is 5.26 Å². The maximum absolute atomic E-state index is 9.03. The predicted molar refractivity (Wildman–Crippen MR) is 16.2 cm³/mol. The molecule has 0 radical (unpaired) electrons. The first-order chi connectivity index (χ1) is 2.41. The Kier molecular flexibility index (Phi) is 3.86. The fourth-order valence-corrected chi connectivity index (χ4v) is 0.0833. The van der Waals surface area contributed by atoms with Crippen LogP contribution in [0.2, 0.25) is 0 Å². The number of hydrogen-bond acceptors (Lipinski definition) is 2. The smallest absolute Gasteiger partial charge is 0.0338 e. The van der Waals surface area contributed by atoms with Crippen molar-refractivity contribution in [2.45, 2.75) is 13.3 Å². The van der Waals surface area contributed by atoms with E-state index >= 15 is 0 Å². The Bertz CT molecular complexity index is 12.4. The Balaban J connectivity index is 2.19. The highest BCUT2D eigenvalue weighted by Crippen LogP contribution is 1.67. The van der Waals surface area contributed by atoms with Crippen molar-refractivity contribution in [2.24, 2.45) is 0 Å². The number of hydrogen-bond donors (Lipinski definition) is 0. The fraction of sp³-hybridized carbons (Fsp3) is 1.00. The highest BCUT2D eigenvalue weighted by molar-refractivity contribution is 4.12. The van der Waals surface area contributed by atoms with Crippen LogP contribution in [0.25, 0.3) is 0 Å². The summed E-state index contributed by atoms with van der Waals surface area (Å²) in [6.45, 7) is 2.22. The van der Waals surface area contributed by atoms with Gasteiger partial charge in [-0.15, -0.1) is 0 Å². The van der Waals surface area contributed by atoms with Gasteiger partial charge in [0.25, 0.3) is 0 Å². The van der Waals surface area contributed by atoms with Crippen LogP contribution in [0.15, 0.2) is 0 Å². The summed E-state index contributed by atoms with van der Waals surface area (Å²) in [5.74, 6) is 0. The second kappa shape index (κ2) is 3.92. The molecule has 0 aliphatic rings. The van der Waals surface area contributed by atoms with E-state index in [1.54, 1.807) is 0 Å². The van der Waals surface area contributed by atoms with Crippen LogP contribution in [0, 0.1) is 0 Å². The van der Waals surface area contributed by atoms with Gasteiger partial charge < -0.3 is 10.1 Å². The highest BCUT2D eigenvalue weighted by Gasteiger charge is 1.61. The van der Waals surface area contributed by atoms with Gasteiger partial charge >= 0.3 is 0 Å². The van der Waals surface area contributed by atoms with Crippen molar-refractivity contribution in [3.8, 4) is 0 Å². The maximum Gasteiger partial charge on any atom is 0.0338 e. The molecular formula is C3H7O2-. The average Bonchev–Trinajstić information content (AvgIpc) is 1.41. The minimum absolute atomic E-state index is 0.333. The second-order valence-electron chi connectivity index (χ2n) is 0.822. The van der Waals surface area contributed by atoms with Crippen molar-refractivity contribution in [1.29, 1.82) is 0 Å². The maximum atomic E-state index is 9.03. The minimum atomic E-state index is 0.333. The van der Waals surface area contributed by atoms with E-state index in [9.17, 15) is 0 Å². The van der Waals surface area contributed by atoms with Gasteiger partial charge in [0.05, 0.1) is 0 Å². The summed E-state index contributed by atoms with van der Waals surface area (Å²) >= 11 is 0. The monoisotopic (exact) mass is 75.0 g/mol. The molecule has 0 unspecified atom stereocenters. The first-order valence-corrected chi connectivity index (χ1v) is 1.66. The Hall–Kier alpha value is -0.0800. The van der Waals surface area contributed by atoms with Gasteiger partial charge in [-0.25, -0.2) is 0 Å². The summed E-state index contributed by atoms with van der Waals surface area (Å²) in [5.41, 5.74) is 0. The molecule has 0 bridgehead atoms. The topological polar surface area (TPSA) is 32.3 Å². The standard InChI is InChI=1S/C3H8O2/c1-2-3-5-4/h4H,2-3H2,1H3/p-1. The number of rotatable bonds is 2. The van der Waals surface area contributed by atoms with E-state index in [0.717, 1.165) is 6.42 Å². The zero-order chi connectivity index (χ0) is 4.12. The van der Waals surface area contributed by atoms with Gasteiger partial charge in [-0.1, -0.05) is 6.92 Å². The molecule has 0 aliphatic heterocycles. The average molecular weight is 75.1 g/mol. The van der Waals surface area contributed by atoms with Crippen LogP contribution in [0.3, 0.4) is 0 Å². The zero-order valence-electron chi connectivity index (χ0n) is 3.23. The summed E-state index contributed by atoms with van der Waals surface area (Å²) in [5, 5.41) is 9.03. The Morgan fingerprint density at radius 1 is 1.80 bits per heavy atom. The van der Waals surface area contributed by atoms with Crippen LogP contribution in [0.4, 0.5) is 0 Å². The van der Waals surface area contributed by atoms with Crippen molar-refractivity contribution in [3.63, 3.8) is 0 Å². The molecule has 2 nitrogen and oxygen atoms in total. The molecule has 0 atom stereocenters. The molecule has 0 saturated heterocycles. The zero-order valence-corrected chi connectivity index (χ0v) is 3.23. The largest absolute Gasteiger partial charge is 0.723 e. The van der Waals surface area contributed by atoms with E-state index in [1.165, 1.54) is 0 Å². The van der Waals surface area contributed by atoms with E-state index in [0.29, 0.717) is 6.61 Å². The Labute approximate surface area is 31.3 Å². The van der Waals surface area contributed by atoms with Crippen molar-refractivity contribution in [1.82, 2.24) is 0 Å². The van der Waals surface area contributed by atoms with Crippen molar-refractivity contribution >= 4 is 0 Å². The first-order valence-electron chi connectivity index (χ1n) is 1.66. The van der Waals surface area contributed by atoms with Gasteiger partial charge in [-0.2, -0.15) is 0 Å². The van der Waals surface area contributed by atoms with Crippen LogP contribution in [-0.2, 0) is 4.89 Å². The third-order valence-corrected chi connectivity index (χ3v) is 0.287. The van der Waals surface area contributed by atoms with Crippen molar-refractivity contribution in [2.75, 3.05) is 6.61 Å². The summed E-state index contributed by atoms with van der Waals surface area (Å²) in [6.07, 6.45) is 0.809. The fourth-order valence-electron chi connectivity index (χ4n) is 0.0833. The molecule has 0 heterocycles. The highest BCUT2D eigenvalue weighted by atomic mass is 17.1. The molecule has 0 N–H and O–H groups in total. The molecule has 0 aromatic carbocycles. The Morgan fingerprint density at radius 2 is 2.40 bits per heavy atom. The molecule has 0 fully saturated rings. The van der Waals surface area contributed by atoms with Crippen LogP contribution in [0.5, 0.6) is 0 Å². The Morgan fingerprint density at radius 3 is 2.40 bits per heavy atom. The molecule has 0 rings (SSSR count). The van der Waals surface area contributed by atoms with Crippen LogP contribution >= 0.6 is 0 Å². The summed E-state index contributed by atoms with van der Waals surface area (Å²) in [4.78, 5) is 3.44. The molecule has 0 aromatic rings. The third-order valence-electron chi connectivity index (χ3n) is 0.287. The molecule has 2 heteroatoms. The van der Waals surface area contributed by atoms with Crippen molar-refractivity contribution in [3.05, 3.63) is 0 Å². The van der Waals surface area contributed by atoms with E-state index in [2.05, 4.69) is 4.89 Å². The summed E-state index contributed by atoms with van der Waals surface area (Å²) in [7, 11) is 0. The normalized spacial score (nSPS) is 8.40. The van der Waals surface area contributed by atoms with Gasteiger partial charge in [0.1, 0.15) is 0 Å². The van der Waals surface area contributed by atoms with Gasteiger partial charge in [0, 0.05) is 6.61 Å². The SMILES string of the molecule is CCCO[O-]. The predicted octanol–water partition coefficient (Wildman–Crippen LogP) is -0.312. The third kappa shape index (κ3) is 3.92. The molecule has 0 aliphatic carbocycles. The minimum Gasteiger partial charge on any atom is -0.723 e. The lowest BCUT2D eigenvalue weighted by molar-refractivity contribution is -0.689. The molecule has 0 saturated carbocycles. The molecule has 5 heavy (non-hydrogen) atoms. The van der Waals surface area contributed by atoms with Crippen molar-refractivity contribution < 1.29 is 10.1 Å². The van der Waals surface area contributed by atoms with Crippen LogP contribution < -0.4 is 5.26 Å². The second-order valence-corrected chi connectivity index (χ2v) is 0.822. The lowest BCUT2D eigenvalue weighted by Gasteiger charge is -1.99. The van der Waals surface area contributed by atoms with Crippen LogP contribution in [0.1, 0.15) is 13.3 Å². The quantitative estimate of drug-likeness (QED) is 0.333. The van der Waals surface area contributed by atoms with Crippen LogP contribution in [-0.4, -0.2) is 6.61 Å². The van der Waals surface area contributed by atoms with E-state index in [-0.39, 0.29) is 0 Å². The van der Waals surface area contributed by atoms with E-state index < -0.39 is 0 Å². The summed E-state index contributed by atoms with van der Waals surface area (Å²) in [6, 6.07) is 0. The molecule has 0 aromatic heterocycles. The molecular weight excluding hydrogens is 68.0 g/mol. The van der Waals surface area contributed by atoms with Gasteiger partial charge in [-0.3, -0.25) is 0 Å². The molecule has 0 amide bonds. The van der Waals surface area contributed by atoms with E-state index in [1.807, 2.05) is 6.92 Å². The van der Waals surface area contributed by atoms with Gasteiger partial charge in [0.2, 0.25) is 0 Å². The molecule has 0 spiro atoms. The first kappa shape index (κ1) is 4.92. The molecule has 32 valence electrons. The lowest BCUT2D eigenvalue weighted by atomic mass is 10.5. The van der Waals surface area contributed by atoms with Gasteiger partial charge in [0.15, 0.2) is 0 Å². The van der Waals surface area contributed by atoms with Gasteiger partial charge in [-0.05, 0) is 6.42 Å². The summed E-state index contributed by atoms with van der Waals surface area (Å²) < 4.78 is 0. The lowest BCUT2D eigenvalue weighted by Crippen LogP contribution is -2.04.